The Hall–Kier alpha value is -3.22. The highest BCUT2D eigenvalue weighted by molar-refractivity contribution is 6.34. The van der Waals surface area contributed by atoms with E-state index in [0.29, 0.717) is 16.7 Å². The molecule has 0 radical (unpaired) electrons. The molecule has 30 heavy (non-hydrogen) atoms. The molecule has 2 heterocycles. The van der Waals surface area contributed by atoms with E-state index in [1.165, 1.54) is 17.0 Å². The van der Waals surface area contributed by atoms with E-state index in [1.807, 2.05) is 30.3 Å². The minimum absolute atomic E-state index is 0.0447. The number of amides is 1. The number of pyridine rings is 1. The van der Waals surface area contributed by atoms with Crippen LogP contribution in [0.4, 0.5) is 0 Å². The first-order valence-corrected chi connectivity index (χ1v) is 9.90. The molecule has 0 unspecified atom stereocenters. The van der Waals surface area contributed by atoms with Gasteiger partial charge < -0.3 is 9.88 Å². The molecule has 0 fully saturated rings. The Kier molecular flexibility index (Phi) is 5.79. The zero-order valence-corrected chi connectivity index (χ0v) is 17.2. The maximum Gasteiger partial charge on any atom is 0.274 e. The third-order valence-corrected chi connectivity index (χ3v) is 5.04. The van der Waals surface area contributed by atoms with E-state index in [2.05, 4.69) is 15.0 Å². The van der Waals surface area contributed by atoms with Crippen LogP contribution < -0.4 is 5.56 Å². The molecule has 2 aromatic carbocycles. The van der Waals surface area contributed by atoms with Gasteiger partial charge in [0, 0.05) is 6.54 Å². The zero-order valence-electron chi connectivity index (χ0n) is 15.7. The molecule has 8 heteroatoms. The summed E-state index contributed by atoms with van der Waals surface area (Å²) in [5, 5.41) is 0.851. The standard InChI is InChI=1S/C22H16Cl2N4O2/c23-16-10-11-18(24)26-20(16)22(30)28(12-14-6-2-1-3-7-14)13-19-25-17-9-5-4-8-15(17)21(29)27-19/h1-11H,12-13H2,(H,25,27,29). The number of aromatic amines is 1. The molecule has 2 aromatic heterocycles. The van der Waals surface area contributed by atoms with Gasteiger partial charge in [-0.05, 0) is 29.8 Å². The van der Waals surface area contributed by atoms with Gasteiger partial charge in [-0.25, -0.2) is 9.97 Å². The third-order valence-electron chi connectivity index (χ3n) is 4.52. The van der Waals surface area contributed by atoms with Gasteiger partial charge in [0.05, 0.1) is 22.5 Å². The maximum absolute atomic E-state index is 13.3. The summed E-state index contributed by atoms with van der Waals surface area (Å²) in [6, 6.07) is 19.6. The number of halogens is 2. The van der Waals surface area contributed by atoms with Crippen LogP contribution >= 0.6 is 23.2 Å². The van der Waals surface area contributed by atoms with Gasteiger partial charge in [0.1, 0.15) is 16.7 Å². The minimum Gasteiger partial charge on any atom is -0.325 e. The quantitative estimate of drug-likeness (QED) is 0.466. The number of nitrogens with zero attached hydrogens (tertiary/aromatic N) is 3. The lowest BCUT2D eigenvalue weighted by atomic mass is 10.2. The lowest BCUT2D eigenvalue weighted by molar-refractivity contribution is 0.0719. The lowest BCUT2D eigenvalue weighted by Crippen LogP contribution is -2.32. The summed E-state index contributed by atoms with van der Waals surface area (Å²) >= 11 is 12.2. The Morgan fingerprint density at radius 3 is 2.43 bits per heavy atom. The number of aromatic nitrogens is 3. The van der Waals surface area contributed by atoms with Gasteiger partial charge in [-0.15, -0.1) is 0 Å². The highest BCUT2D eigenvalue weighted by Gasteiger charge is 2.22. The van der Waals surface area contributed by atoms with Crippen molar-refractivity contribution < 1.29 is 4.79 Å². The molecule has 0 spiro atoms. The topological polar surface area (TPSA) is 79.0 Å². The van der Waals surface area contributed by atoms with Crippen molar-refractivity contribution in [3.05, 3.63) is 104 Å². The van der Waals surface area contributed by atoms with E-state index in [4.69, 9.17) is 23.2 Å². The number of hydrogen-bond donors (Lipinski definition) is 1. The lowest BCUT2D eigenvalue weighted by Gasteiger charge is -2.22. The fraction of sp³-hybridized carbons (Fsp3) is 0.0909. The molecule has 0 aliphatic heterocycles. The molecule has 0 bridgehead atoms. The second-order valence-corrected chi connectivity index (χ2v) is 7.44. The molecular weight excluding hydrogens is 423 g/mol. The van der Waals surface area contributed by atoms with Crippen molar-refractivity contribution in [2.24, 2.45) is 0 Å². The summed E-state index contributed by atoms with van der Waals surface area (Å²) < 4.78 is 0. The van der Waals surface area contributed by atoms with Crippen LogP contribution in [0.1, 0.15) is 21.9 Å². The number of carbonyl (C=O) groups excluding carboxylic acids is 1. The molecular formula is C22H16Cl2N4O2. The average Bonchev–Trinajstić information content (AvgIpc) is 2.75. The van der Waals surface area contributed by atoms with Crippen molar-refractivity contribution in [2.45, 2.75) is 13.1 Å². The normalized spacial score (nSPS) is 10.9. The molecule has 6 nitrogen and oxygen atoms in total. The molecule has 1 amide bonds. The van der Waals surface area contributed by atoms with Crippen molar-refractivity contribution in [1.29, 1.82) is 0 Å². The Morgan fingerprint density at radius 2 is 1.63 bits per heavy atom. The fourth-order valence-corrected chi connectivity index (χ4v) is 3.45. The summed E-state index contributed by atoms with van der Waals surface area (Å²) in [5.74, 6) is -0.0525. The van der Waals surface area contributed by atoms with E-state index in [-0.39, 0.29) is 34.5 Å². The predicted octanol–water partition coefficient (Wildman–Crippen LogP) is 4.47. The van der Waals surface area contributed by atoms with Crippen LogP contribution in [-0.4, -0.2) is 25.8 Å². The van der Waals surface area contributed by atoms with Crippen LogP contribution in [0.25, 0.3) is 10.9 Å². The number of para-hydroxylation sites is 1. The Labute approximate surface area is 182 Å². The first kappa shape index (κ1) is 20.1. The van der Waals surface area contributed by atoms with E-state index in [1.54, 1.807) is 24.3 Å². The van der Waals surface area contributed by atoms with E-state index in [9.17, 15) is 9.59 Å². The molecule has 1 N–H and O–H groups in total. The SMILES string of the molecule is O=C(c1nc(Cl)ccc1Cl)N(Cc1ccccc1)Cc1nc2ccccc2c(=O)[nH]1. The second kappa shape index (κ2) is 8.65. The van der Waals surface area contributed by atoms with Crippen LogP contribution in [-0.2, 0) is 13.1 Å². The van der Waals surface area contributed by atoms with Crippen LogP contribution in [0.3, 0.4) is 0 Å². The van der Waals surface area contributed by atoms with Gasteiger partial charge in [-0.3, -0.25) is 9.59 Å². The van der Waals surface area contributed by atoms with Crippen LogP contribution in [0.2, 0.25) is 10.2 Å². The number of nitrogens with one attached hydrogen (secondary N) is 1. The molecule has 0 aliphatic rings. The highest BCUT2D eigenvalue weighted by atomic mass is 35.5. The summed E-state index contributed by atoms with van der Waals surface area (Å²) in [6.45, 7) is 0.346. The summed E-state index contributed by atoms with van der Waals surface area (Å²) in [5.41, 5.74) is 1.25. The average molecular weight is 439 g/mol. The minimum atomic E-state index is -0.415. The Bertz CT molecular complexity index is 1280. The third kappa shape index (κ3) is 4.35. The van der Waals surface area contributed by atoms with Crippen molar-refractivity contribution in [2.75, 3.05) is 0 Å². The van der Waals surface area contributed by atoms with Gasteiger partial charge in [-0.1, -0.05) is 65.7 Å². The highest BCUT2D eigenvalue weighted by Crippen LogP contribution is 2.21. The van der Waals surface area contributed by atoms with Gasteiger partial charge >= 0.3 is 0 Å². The molecule has 0 saturated carbocycles. The number of fused-ring (bicyclic) bond motifs is 1. The molecule has 4 rings (SSSR count). The van der Waals surface area contributed by atoms with Crippen molar-refractivity contribution in [1.82, 2.24) is 19.9 Å². The molecule has 0 atom stereocenters. The van der Waals surface area contributed by atoms with Gasteiger partial charge in [0.2, 0.25) is 0 Å². The largest absolute Gasteiger partial charge is 0.325 e. The number of benzene rings is 2. The molecule has 4 aromatic rings. The fourth-order valence-electron chi connectivity index (χ4n) is 3.11. The zero-order chi connectivity index (χ0) is 21.1. The maximum atomic E-state index is 13.3. The number of rotatable bonds is 5. The predicted molar refractivity (Wildman–Crippen MR) is 117 cm³/mol. The number of carbonyl (C=O) groups is 1. The Morgan fingerprint density at radius 1 is 0.900 bits per heavy atom. The van der Waals surface area contributed by atoms with Crippen LogP contribution in [0, 0.1) is 0 Å². The summed E-state index contributed by atoms with van der Waals surface area (Å²) in [7, 11) is 0. The Balaban J connectivity index is 1.73. The van der Waals surface area contributed by atoms with Crippen LogP contribution in [0.15, 0.2) is 71.5 Å². The monoisotopic (exact) mass is 438 g/mol. The number of H-pyrrole nitrogens is 1. The van der Waals surface area contributed by atoms with E-state index in [0.717, 1.165) is 5.56 Å². The van der Waals surface area contributed by atoms with Crippen LogP contribution in [0.5, 0.6) is 0 Å². The molecule has 0 saturated heterocycles. The van der Waals surface area contributed by atoms with Crippen molar-refractivity contribution in [3.63, 3.8) is 0 Å². The van der Waals surface area contributed by atoms with Gasteiger partial charge in [0.25, 0.3) is 11.5 Å². The second-order valence-electron chi connectivity index (χ2n) is 6.64. The smallest absolute Gasteiger partial charge is 0.274 e. The van der Waals surface area contributed by atoms with Crippen molar-refractivity contribution in [3.8, 4) is 0 Å². The first-order valence-electron chi connectivity index (χ1n) is 9.14. The summed E-state index contributed by atoms with van der Waals surface area (Å²) in [4.78, 5) is 38.6. The van der Waals surface area contributed by atoms with E-state index >= 15 is 0 Å². The number of hydrogen-bond acceptors (Lipinski definition) is 4. The molecule has 0 aliphatic carbocycles. The summed E-state index contributed by atoms with van der Waals surface area (Å²) in [6.07, 6.45) is 0. The van der Waals surface area contributed by atoms with Gasteiger partial charge in [0.15, 0.2) is 0 Å². The first-order chi connectivity index (χ1) is 14.5. The van der Waals surface area contributed by atoms with Crippen molar-refractivity contribution >= 4 is 40.0 Å². The van der Waals surface area contributed by atoms with Gasteiger partial charge in [-0.2, -0.15) is 0 Å². The molecule has 150 valence electrons. The van der Waals surface area contributed by atoms with E-state index < -0.39 is 5.91 Å².